The van der Waals surface area contributed by atoms with Crippen molar-refractivity contribution in [3.63, 3.8) is 0 Å². The molecule has 4 aromatic rings. The second-order valence-corrected chi connectivity index (χ2v) is 13.1. The van der Waals surface area contributed by atoms with Crippen molar-refractivity contribution in [2.24, 2.45) is 5.92 Å². The van der Waals surface area contributed by atoms with E-state index < -0.39 is 0 Å². The number of benzene rings is 2. The Morgan fingerprint density at radius 2 is 1.78 bits per heavy atom. The minimum Gasteiger partial charge on any atom is -0.338 e. The molecule has 2 heterocycles. The predicted molar refractivity (Wildman–Crippen MR) is 188 cm³/mol. The van der Waals surface area contributed by atoms with Crippen molar-refractivity contribution in [3.8, 4) is 0 Å². The molecule has 7 heteroatoms. The van der Waals surface area contributed by atoms with Crippen molar-refractivity contribution >= 4 is 17.5 Å². The van der Waals surface area contributed by atoms with Crippen molar-refractivity contribution in [1.29, 1.82) is 0 Å². The summed E-state index contributed by atoms with van der Waals surface area (Å²) >= 11 is 6.50. The molecule has 1 aliphatic carbocycles. The molecule has 0 bridgehead atoms. The summed E-state index contributed by atoms with van der Waals surface area (Å²) in [4.78, 5) is 28.4. The first-order valence-corrected chi connectivity index (χ1v) is 17.7. The highest BCUT2D eigenvalue weighted by Gasteiger charge is 2.32. The van der Waals surface area contributed by atoms with Gasteiger partial charge in [-0.25, -0.2) is 4.98 Å². The molecular formula is C39H50ClN5O. The topological polar surface area (TPSA) is 54.3 Å². The van der Waals surface area contributed by atoms with Gasteiger partial charge in [0.2, 0.25) is 5.91 Å². The fourth-order valence-electron chi connectivity index (χ4n) is 7.12. The first-order chi connectivity index (χ1) is 22.5. The van der Waals surface area contributed by atoms with Crippen LogP contribution in [0.5, 0.6) is 0 Å². The Hall–Kier alpha value is -3.48. The molecule has 2 aromatic carbocycles. The summed E-state index contributed by atoms with van der Waals surface area (Å²) < 4.78 is 2.22. The monoisotopic (exact) mass is 639 g/mol. The van der Waals surface area contributed by atoms with Crippen LogP contribution < -0.4 is 0 Å². The average molecular weight is 640 g/mol. The molecule has 1 amide bonds. The van der Waals surface area contributed by atoms with E-state index in [4.69, 9.17) is 16.6 Å². The molecule has 2 aromatic heterocycles. The minimum absolute atomic E-state index is 0.0451. The van der Waals surface area contributed by atoms with Gasteiger partial charge in [-0.2, -0.15) is 0 Å². The van der Waals surface area contributed by atoms with E-state index >= 15 is 0 Å². The molecule has 244 valence electrons. The van der Waals surface area contributed by atoms with Gasteiger partial charge in [-0.05, 0) is 85.0 Å². The quantitative estimate of drug-likeness (QED) is 0.124. The van der Waals surface area contributed by atoms with Gasteiger partial charge >= 0.3 is 0 Å². The Morgan fingerprint density at radius 1 is 0.957 bits per heavy atom. The minimum atomic E-state index is 0.0451. The second-order valence-electron chi connectivity index (χ2n) is 12.7. The van der Waals surface area contributed by atoms with Gasteiger partial charge in [0.25, 0.3) is 0 Å². The van der Waals surface area contributed by atoms with E-state index in [1.165, 1.54) is 22.3 Å². The Kier molecular flexibility index (Phi) is 12.4. The maximum atomic E-state index is 14.2. The average Bonchev–Trinajstić information content (AvgIpc) is 3.46. The number of aryl methyl sites for hydroxylation is 4. The first kappa shape index (κ1) is 33.9. The zero-order valence-corrected chi connectivity index (χ0v) is 28.6. The predicted octanol–water partition coefficient (Wildman–Crippen LogP) is 8.32. The van der Waals surface area contributed by atoms with Gasteiger partial charge < -0.3 is 9.47 Å². The van der Waals surface area contributed by atoms with Gasteiger partial charge in [0.1, 0.15) is 5.82 Å². The van der Waals surface area contributed by atoms with Crippen LogP contribution in [0.4, 0.5) is 0 Å². The van der Waals surface area contributed by atoms with Crippen LogP contribution in [0.25, 0.3) is 0 Å². The molecule has 0 N–H and O–H groups in total. The number of aromatic nitrogens is 3. The number of halogens is 1. The Labute approximate surface area is 280 Å². The Bertz CT molecular complexity index is 1540. The number of amides is 1. The lowest BCUT2D eigenvalue weighted by Crippen LogP contribution is -2.39. The molecule has 0 radical (unpaired) electrons. The standard InChI is InChI=1S/C39H50ClN5O/c1-4-12-31(26-37(46)44(28-30-13-8-7-9-14-30)24-11-23-43-25-21-41-36(43)6-3)29-45(22-5-2)39-35-19-18-34(40)27-33(35)17-16-32-15-10-20-42-38(32)39/h7-10,13-15,18-21,25,27,31,39H,4-6,11-12,16-17,22-24,26,28-29H2,1-3H3/t31?,39-/m1/s1. The maximum Gasteiger partial charge on any atom is 0.223 e. The maximum absolute atomic E-state index is 14.2. The van der Waals surface area contributed by atoms with Gasteiger partial charge in [0.15, 0.2) is 0 Å². The molecule has 1 aliphatic rings. The number of hydrogen-bond donors (Lipinski definition) is 0. The highest BCUT2D eigenvalue weighted by molar-refractivity contribution is 6.30. The number of carbonyl (C=O) groups is 1. The SMILES string of the molecule is CCCC(CC(=O)N(CCCn1ccnc1CC)Cc1ccccc1)CN(CCC)[C@@H]1c2ccc(Cl)cc2CCc2cccnc21. The van der Waals surface area contributed by atoms with Crippen LogP contribution in [0.3, 0.4) is 0 Å². The number of carbonyl (C=O) groups excluding carboxylic acids is 1. The number of pyridine rings is 1. The van der Waals surface area contributed by atoms with E-state index in [1.807, 2.05) is 30.7 Å². The third kappa shape index (κ3) is 8.65. The molecule has 0 saturated carbocycles. The van der Waals surface area contributed by atoms with E-state index in [0.717, 1.165) is 87.7 Å². The number of hydrogen-bond acceptors (Lipinski definition) is 4. The zero-order valence-electron chi connectivity index (χ0n) is 27.9. The van der Waals surface area contributed by atoms with E-state index in [0.29, 0.717) is 13.0 Å². The largest absolute Gasteiger partial charge is 0.338 e. The fourth-order valence-corrected chi connectivity index (χ4v) is 7.32. The summed E-state index contributed by atoms with van der Waals surface area (Å²) in [5, 5.41) is 0.783. The van der Waals surface area contributed by atoms with Crippen LogP contribution in [0.15, 0.2) is 79.3 Å². The van der Waals surface area contributed by atoms with Crippen molar-refractivity contribution in [3.05, 3.63) is 118 Å². The third-order valence-electron chi connectivity index (χ3n) is 9.29. The van der Waals surface area contributed by atoms with Crippen LogP contribution in [-0.4, -0.2) is 49.9 Å². The summed E-state index contributed by atoms with van der Waals surface area (Å²) in [5.41, 5.74) is 6.23. The van der Waals surface area contributed by atoms with Gasteiger partial charge in [0, 0.05) is 62.6 Å². The van der Waals surface area contributed by atoms with E-state index in [-0.39, 0.29) is 17.9 Å². The van der Waals surface area contributed by atoms with Crippen LogP contribution >= 0.6 is 11.6 Å². The molecule has 0 fully saturated rings. The Balaban J connectivity index is 1.37. The molecule has 5 rings (SSSR count). The lowest BCUT2D eigenvalue weighted by Gasteiger charge is -2.36. The summed E-state index contributed by atoms with van der Waals surface area (Å²) in [6, 6.07) is 21.1. The summed E-state index contributed by atoms with van der Waals surface area (Å²) in [6.45, 7) is 10.6. The number of rotatable bonds is 16. The lowest BCUT2D eigenvalue weighted by molar-refractivity contribution is -0.133. The summed E-state index contributed by atoms with van der Waals surface area (Å²) in [5.74, 6) is 1.58. The normalized spacial score (nSPS) is 14.8. The van der Waals surface area contributed by atoms with Crippen LogP contribution in [0.1, 0.15) is 92.7 Å². The number of nitrogens with zero attached hydrogens (tertiary/aromatic N) is 5. The van der Waals surface area contributed by atoms with Crippen LogP contribution in [0, 0.1) is 5.92 Å². The van der Waals surface area contributed by atoms with Gasteiger partial charge in [-0.1, -0.05) is 81.3 Å². The molecule has 46 heavy (non-hydrogen) atoms. The van der Waals surface area contributed by atoms with E-state index in [9.17, 15) is 4.79 Å². The van der Waals surface area contributed by atoms with E-state index in [2.05, 4.69) is 88.7 Å². The van der Waals surface area contributed by atoms with E-state index in [1.54, 1.807) is 0 Å². The van der Waals surface area contributed by atoms with Crippen molar-refractivity contribution in [1.82, 2.24) is 24.3 Å². The second kappa shape index (κ2) is 16.9. The Morgan fingerprint density at radius 3 is 2.57 bits per heavy atom. The lowest BCUT2D eigenvalue weighted by atomic mass is 9.93. The van der Waals surface area contributed by atoms with Gasteiger partial charge in [-0.3, -0.25) is 14.7 Å². The zero-order chi connectivity index (χ0) is 32.3. The molecule has 0 aliphatic heterocycles. The van der Waals surface area contributed by atoms with Crippen molar-refractivity contribution in [2.45, 2.75) is 91.3 Å². The van der Waals surface area contributed by atoms with Gasteiger partial charge in [0.05, 0.1) is 11.7 Å². The molecule has 2 atom stereocenters. The third-order valence-corrected chi connectivity index (χ3v) is 9.53. The molecule has 1 unspecified atom stereocenters. The van der Waals surface area contributed by atoms with Crippen LogP contribution in [-0.2, 0) is 37.1 Å². The van der Waals surface area contributed by atoms with Gasteiger partial charge in [-0.15, -0.1) is 0 Å². The highest BCUT2D eigenvalue weighted by Crippen LogP contribution is 2.38. The van der Waals surface area contributed by atoms with Crippen LogP contribution in [0.2, 0.25) is 5.02 Å². The molecule has 0 spiro atoms. The highest BCUT2D eigenvalue weighted by atomic mass is 35.5. The summed E-state index contributed by atoms with van der Waals surface area (Å²) in [6.07, 6.45) is 13.2. The molecule has 0 saturated heterocycles. The number of imidazole rings is 1. The first-order valence-electron chi connectivity index (χ1n) is 17.3. The molecular weight excluding hydrogens is 590 g/mol. The summed E-state index contributed by atoms with van der Waals surface area (Å²) in [7, 11) is 0. The van der Waals surface area contributed by atoms with Crippen molar-refractivity contribution < 1.29 is 4.79 Å². The molecule has 6 nitrogen and oxygen atoms in total. The smallest absolute Gasteiger partial charge is 0.223 e. The van der Waals surface area contributed by atoms with Crippen molar-refractivity contribution in [2.75, 3.05) is 19.6 Å². The number of fused-ring (bicyclic) bond motifs is 2. The fraction of sp³-hybridized carbons (Fsp3) is 0.462.